The number of nitrogen functional groups attached to an aromatic ring is 1. The van der Waals surface area contributed by atoms with Gasteiger partial charge in [0.2, 0.25) is 0 Å². The Balaban J connectivity index is 0.000000534. The molecule has 9 heteroatoms. The summed E-state index contributed by atoms with van der Waals surface area (Å²) < 4.78 is 31.7. The lowest BCUT2D eigenvalue weighted by molar-refractivity contribution is -0.192. The number of hydrogen-bond acceptors (Lipinski definition) is 4. The molecular weight excluding hydrogens is 323 g/mol. The summed E-state index contributed by atoms with van der Waals surface area (Å²) in [5.74, 6) is -2.76. The first kappa shape index (κ1) is 20.1. The molecule has 1 rings (SSSR count). The van der Waals surface area contributed by atoms with Crippen LogP contribution in [0.5, 0.6) is 0 Å². The molecule has 0 radical (unpaired) electrons. The summed E-state index contributed by atoms with van der Waals surface area (Å²) in [5, 5.41) is 15.7. The molecule has 124 valence electrons. The maximum Gasteiger partial charge on any atom is 0.490 e. The maximum absolute atomic E-state index is 11.1. The molecule has 4 N–H and O–H groups in total. The summed E-state index contributed by atoms with van der Waals surface area (Å²) in [6, 6.07) is 7.13. The largest absolute Gasteiger partial charge is 0.490 e. The minimum Gasteiger partial charge on any atom is -0.480 e. The molecule has 0 spiro atoms. The van der Waals surface area contributed by atoms with E-state index in [1.54, 1.807) is 12.1 Å². The van der Waals surface area contributed by atoms with Crippen LogP contribution in [0.1, 0.15) is 24.2 Å². The Morgan fingerprint density at radius 1 is 1.27 bits per heavy atom. The summed E-state index contributed by atoms with van der Waals surface area (Å²) >= 11 is 1.42. The molecular formula is C13H16F3NO4S. The first-order valence-corrected chi connectivity index (χ1v) is 7.15. The van der Waals surface area contributed by atoms with Crippen LogP contribution in [0.4, 0.5) is 18.9 Å². The van der Waals surface area contributed by atoms with Crippen molar-refractivity contribution in [2.24, 2.45) is 0 Å². The summed E-state index contributed by atoms with van der Waals surface area (Å²) in [7, 11) is 0. The van der Waals surface area contributed by atoms with Crippen LogP contribution in [-0.4, -0.2) is 34.1 Å². The number of halogens is 3. The lowest BCUT2D eigenvalue weighted by Gasteiger charge is -2.13. The maximum atomic E-state index is 11.1. The monoisotopic (exact) mass is 339 g/mol. The van der Waals surface area contributed by atoms with Crippen LogP contribution >= 0.6 is 11.8 Å². The third-order valence-corrected chi connectivity index (χ3v) is 3.67. The molecule has 5 nitrogen and oxygen atoms in total. The molecule has 0 aliphatic heterocycles. The molecule has 1 unspecified atom stereocenters. The Bertz CT molecular complexity index is 508. The highest BCUT2D eigenvalue weighted by molar-refractivity contribution is 8.00. The van der Waals surface area contributed by atoms with Crippen molar-refractivity contribution >= 4 is 29.4 Å². The van der Waals surface area contributed by atoms with Crippen molar-refractivity contribution in [3.8, 4) is 0 Å². The lowest BCUT2D eigenvalue weighted by atomic mass is 10.1. The van der Waals surface area contributed by atoms with Gasteiger partial charge in [-0.1, -0.05) is 25.1 Å². The molecule has 0 aromatic heterocycles. The Labute approximate surface area is 129 Å². The van der Waals surface area contributed by atoms with Crippen LogP contribution in [0.2, 0.25) is 0 Å². The normalized spacial score (nSPS) is 12.0. The Hall–Kier alpha value is -1.90. The average Bonchev–Trinajstić information content (AvgIpc) is 2.40. The van der Waals surface area contributed by atoms with E-state index in [0.717, 1.165) is 12.2 Å². The summed E-state index contributed by atoms with van der Waals surface area (Å²) in [6.45, 7) is 2.03. The summed E-state index contributed by atoms with van der Waals surface area (Å²) in [6.07, 6.45) is -4.12. The number of carboxylic acid groups (broad SMARTS) is 2. The van der Waals surface area contributed by atoms with Crippen LogP contribution in [0.3, 0.4) is 0 Å². The second kappa shape index (κ2) is 9.19. The molecule has 0 saturated heterocycles. The number of rotatable bonds is 5. The molecule has 0 amide bonds. The number of carboxylic acids is 2. The van der Waals surface area contributed by atoms with Crippen molar-refractivity contribution in [3.63, 3.8) is 0 Å². The first-order chi connectivity index (χ1) is 10.1. The van der Waals surface area contributed by atoms with E-state index in [2.05, 4.69) is 0 Å². The summed E-state index contributed by atoms with van der Waals surface area (Å²) in [4.78, 5) is 20.0. The third-order valence-electron chi connectivity index (χ3n) is 2.23. The zero-order valence-corrected chi connectivity index (χ0v) is 12.4. The van der Waals surface area contributed by atoms with Gasteiger partial charge in [-0.15, -0.1) is 11.8 Å². The SMILES string of the molecule is CCCSC(C(=O)O)c1ccccc1N.O=C(O)C(F)(F)F. The second-order valence-corrected chi connectivity index (χ2v) is 5.23. The summed E-state index contributed by atoms with van der Waals surface area (Å²) in [5.41, 5.74) is 7.00. The fraction of sp³-hybridized carbons (Fsp3) is 0.385. The molecule has 22 heavy (non-hydrogen) atoms. The Morgan fingerprint density at radius 2 is 1.77 bits per heavy atom. The molecule has 1 atom stereocenters. The predicted molar refractivity (Wildman–Crippen MR) is 77.7 cm³/mol. The van der Waals surface area contributed by atoms with Gasteiger partial charge in [0.15, 0.2) is 0 Å². The number of aliphatic carboxylic acids is 2. The van der Waals surface area contributed by atoms with E-state index in [4.69, 9.17) is 20.7 Å². The predicted octanol–water partition coefficient (Wildman–Crippen LogP) is 3.17. The number of anilines is 1. The van der Waals surface area contributed by atoms with Crippen molar-refractivity contribution in [2.75, 3.05) is 11.5 Å². The van der Waals surface area contributed by atoms with Gasteiger partial charge < -0.3 is 15.9 Å². The number of thioether (sulfide) groups is 1. The van der Waals surface area contributed by atoms with E-state index in [0.29, 0.717) is 11.3 Å². The van der Waals surface area contributed by atoms with Crippen molar-refractivity contribution < 1.29 is 33.0 Å². The van der Waals surface area contributed by atoms with E-state index in [1.165, 1.54) is 11.8 Å². The minimum atomic E-state index is -5.08. The van der Waals surface area contributed by atoms with E-state index >= 15 is 0 Å². The van der Waals surface area contributed by atoms with Gasteiger partial charge in [0.1, 0.15) is 5.25 Å². The van der Waals surface area contributed by atoms with Crippen molar-refractivity contribution in [1.82, 2.24) is 0 Å². The van der Waals surface area contributed by atoms with Crippen molar-refractivity contribution in [1.29, 1.82) is 0 Å². The molecule has 0 heterocycles. The number of benzene rings is 1. The number of para-hydroxylation sites is 1. The fourth-order valence-electron chi connectivity index (χ4n) is 1.28. The quantitative estimate of drug-likeness (QED) is 0.712. The third kappa shape index (κ3) is 7.21. The van der Waals surface area contributed by atoms with Gasteiger partial charge >= 0.3 is 18.1 Å². The highest BCUT2D eigenvalue weighted by Gasteiger charge is 2.38. The van der Waals surface area contributed by atoms with Gasteiger partial charge in [-0.3, -0.25) is 4.79 Å². The lowest BCUT2D eigenvalue weighted by Crippen LogP contribution is -2.21. The molecule has 0 aliphatic rings. The van der Waals surface area contributed by atoms with Crippen LogP contribution < -0.4 is 5.73 Å². The molecule has 0 aliphatic carbocycles. The zero-order chi connectivity index (χ0) is 17.3. The molecule has 0 fully saturated rings. The van der Waals surface area contributed by atoms with Gasteiger partial charge in [0.25, 0.3) is 0 Å². The Kier molecular flexibility index (Phi) is 8.39. The Morgan fingerprint density at radius 3 is 2.14 bits per heavy atom. The molecule has 1 aromatic rings. The first-order valence-electron chi connectivity index (χ1n) is 6.10. The molecule has 0 saturated carbocycles. The van der Waals surface area contributed by atoms with E-state index in [9.17, 15) is 18.0 Å². The minimum absolute atomic E-state index is 0.550. The topological polar surface area (TPSA) is 101 Å². The van der Waals surface area contributed by atoms with E-state index < -0.39 is 23.4 Å². The van der Waals surface area contributed by atoms with Crippen LogP contribution in [0.15, 0.2) is 24.3 Å². The van der Waals surface area contributed by atoms with Gasteiger partial charge in [0.05, 0.1) is 0 Å². The van der Waals surface area contributed by atoms with Crippen molar-refractivity contribution in [2.45, 2.75) is 24.8 Å². The van der Waals surface area contributed by atoms with Crippen molar-refractivity contribution in [3.05, 3.63) is 29.8 Å². The average molecular weight is 339 g/mol. The van der Waals surface area contributed by atoms with E-state index in [-0.39, 0.29) is 0 Å². The van der Waals surface area contributed by atoms with Gasteiger partial charge in [-0.05, 0) is 23.8 Å². The highest BCUT2D eigenvalue weighted by Crippen LogP contribution is 2.32. The standard InChI is InChI=1S/C11H15NO2S.C2HF3O2/c1-2-7-15-10(11(13)14)8-5-3-4-6-9(8)12;3-2(4,5)1(6)7/h3-6,10H,2,7,12H2,1H3,(H,13,14);(H,6,7). The van der Waals surface area contributed by atoms with E-state index in [1.807, 2.05) is 19.1 Å². The van der Waals surface area contributed by atoms with Crippen LogP contribution in [0, 0.1) is 0 Å². The smallest absolute Gasteiger partial charge is 0.480 e. The second-order valence-electron chi connectivity index (χ2n) is 4.02. The number of nitrogens with two attached hydrogens (primary N) is 1. The highest BCUT2D eigenvalue weighted by atomic mass is 32.2. The number of carbonyl (C=O) groups is 2. The number of hydrogen-bond donors (Lipinski definition) is 3. The zero-order valence-electron chi connectivity index (χ0n) is 11.6. The molecule has 1 aromatic carbocycles. The molecule has 0 bridgehead atoms. The van der Waals surface area contributed by atoms with Gasteiger partial charge in [-0.2, -0.15) is 13.2 Å². The fourth-order valence-corrected chi connectivity index (χ4v) is 2.29. The van der Waals surface area contributed by atoms with Crippen LogP contribution in [0.25, 0.3) is 0 Å². The van der Waals surface area contributed by atoms with Gasteiger partial charge in [0, 0.05) is 5.69 Å². The van der Waals surface area contributed by atoms with Gasteiger partial charge in [-0.25, -0.2) is 4.79 Å². The number of alkyl halides is 3. The van der Waals surface area contributed by atoms with Crippen LogP contribution in [-0.2, 0) is 9.59 Å².